The molecule has 0 aliphatic heterocycles. The molecule has 1 unspecified atom stereocenters. The number of carbonyl (C=O) groups is 1. The maximum Gasteiger partial charge on any atom is 0.394 e. The molecule has 0 spiro atoms. The van der Waals surface area contributed by atoms with Crippen molar-refractivity contribution in [1.82, 2.24) is 0 Å². The summed E-state index contributed by atoms with van der Waals surface area (Å²) in [6, 6.07) is 0. The Morgan fingerprint density at radius 2 is 2.06 bits per heavy atom. The van der Waals surface area contributed by atoms with Gasteiger partial charge in [0, 0.05) is 6.42 Å². The Bertz CT molecular complexity index is 333. The average Bonchev–Trinajstić information content (AvgIpc) is 2.15. The highest BCUT2D eigenvalue weighted by atomic mass is 19.4. The highest BCUT2D eigenvalue weighted by Crippen LogP contribution is 2.49. The van der Waals surface area contributed by atoms with Crippen molar-refractivity contribution in [1.29, 1.82) is 0 Å². The van der Waals surface area contributed by atoms with Gasteiger partial charge in [0.15, 0.2) is 0 Å². The van der Waals surface area contributed by atoms with Gasteiger partial charge in [-0.3, -0.25) is 0 Å². The first-order chi connectivity index (χ1) is 7.21. The van der Waals surface area contributed by atoms with E-state index in [1.807, 2.05) is 0 Å². The zero-order valence-electron chi connectivity index (χ0n) is 9.02. The maximum atomic E-state index is 12.7. The molecule has 0 saturated carbocycles. The van der Waals surface area contributed by atoms with Gasteiger partial charge in [0.05, 0.1) is 18.1 Å². The lowest BCUT2D eigenvalue weighted by molar-refractivity contribution is -0.223. The Labute approximate surface area is 90.9 Å². The maximum absolute atomic E-state index is 12.7. The van der Waals surface area contributed by atoms with Gasteiger partial charge >= 0.3 is 12.1 Å². The molecular formula is C10H13F3O3. The molecule has 0 aromatic carbocycles. The van der Waals surface area contributed by atoms with Crippen LogP contribution in [0.2, 0.25) is 0 Å². The fourth-order valence-corrected chi connectivity index (χ4v) is 1.69. The van der Waals surface area contributed by atoms with Crippen molar-refractivity contribution in [3.63, 3.8) is 0 Å². The van der Waals surface area contributed by atoms with Gasteiger partial charge in [0.2, 0.25) is 0 Å². The Morgan fingerprint density at radius 3 is 2.44 bits per heavy atom. The Hall–Kier alpha value is -1.20. The molecule has 3 nitrogen and oxygen atoms in total. The molecule has 1 rings (SSSR count). The number of hydrogen-bond acceptors (Lipinski definition) is 3. The van der Waals surface area contributed by atoms with Crippen molar-refractivity contribution in [3.05, 3.63) is 11.3 Å². The van der Waals surface area contributed by atoms with E-state index < -0.39 is 29.7 Å². The SMILES string of the molecule is COC(=O)C1=C(O)CC(C)(C(F)(F)F)CC1. The van der Waals surface area contributed by atoms with Crippen LogP contribution in [0.1, 0.15) is 26.2 Å². The Kier molecular flexibility index (Phi) is 3.21. The van der Waals surface area contributed by atoms with E-state index in [1.165, 1.54) is 0 Å². The number of carbonyl (C=O) groups excluding carboxylic acids is 1. The van der Waals surface area contributed by atoms with Crippen molar-refractivity contribution < 1.29 is 27.8 Å². The van der Waals surface area contributed by atoms with E-state index in [2.05, 4.69) is 4.74 Å². The number of aliphatic hydroxyl groups excluding tert-OH is 1. The van der Waals surface area contributed by atoms with Crippen LogP contribution in [0.25, 0.3) is 0 Å². The summed E-state index contributed by atoms with van der Waals surface area (Å²) in [7, 11) is 1.13. The van der Waals surface area contributed by atoms with Gasteiger partial charge in [-0.15, -0.1) is 0 Å². The number of halogens is 3. The van der Waals surface area contributed by atoms with Crippen molar-refractivity contribution in [2.45, 2.75) is 32.4 Å². The molecule has 0 amide bonds. The standard InChI is InChI=1S/C10H13F3O3/c1-9(10(11,12)13)4-3-6(7(14)5-9)8(15)16-2/h14H,3-5H2,1-2H3. The molecule has 0 saturated heterocycles. The van der Waals surface area contributed by atoms with Gasteiger partial charge in [-0.25, -0.2) is 4.79 Å². The number of hydrogen-bond donors (Lipinski definition) is 1. The van der Waals surface area contributed by atoms with E-state index in [-0.39, 0.29) is 18.4 Å². The van der Waals surface area contributed by atoms with E-state index in [4.69, 9.17) is 0 Å². The number of rotatable bonds is 1. The highest BCUT2D eigenvalue weighted by molar-refractivity contribution is 5.89. The monoisotopic (exact) mass is 238 g/mol. The second-order valence-electron chi connectivity index (χ2n) is 4.15. The van der Waals surface area contributed by atoms with Crippen LogP contribution in [0.4, 0.5) is 13.2 Å². The molecule has 0 bridgehead atoms. The van der Waals surface area contributed by atoms with Crippen LogP contribution in [-0.4, -0.2) is 24.4 Å². The van der Waals surface area contributed by atoms with E-state index in [0.717, 1.165) is 14.0 Å². The number of aliphatic hydroxyl groups is 1. The molecule has 1 aliphatic carbocycles. The normalized spacial score (nSPS) is 26.8. The number of methoxy groups -OCH3 is 1. The van der Waals surface area contributed by atoms with E-state index in [9.17, 15) is 23.1 Å². The molecule has 1 aliphatic rings. The fraction of sp³-hybridized carbons (Fsp3) is 0.700. The Balaban J connectivity index is 2.95. The van der Waals surface area contributed by atoms with Gasteiger partial charge in [-0.1, -0.05) is 6.92 Å². The minimum Gasteiger partial charge on any atom is -0.512 e. The summed E-state index contributed by atoms with van der Waals surface area (Å²) in [6.07, 6.45) is -5.29. The van der Waals surface area contributed by atoms with Crippen LogP contribution in [0.3, 0.4) is 0 Å². The fourth-order valence-electron chi connectivity index (χ4n) is 1.69. The third-order valence-electron chi connectivity index (χ3n) is 2.95. The van der Waals surface area contributed by atoms with Crippen LogP contribution >= 0.6 is 0 Å². The predicted octanol–water partition coefficient (Wildman–Crippen LogP) is 2.72. The summed E-state index contributed by atoms with van der Waals surface area (Å²) in [4.78, 5) is 11.1. The molecule has 92 valence electrons. The smallest absolute Gasteiger partial charge is 0.394 e. The molecular weight excluding hydrogens is 225 g/mol. The van der Waals surface area contributed by atoms with Gasteiger partial charge in [0.1, 0.15) is 5.76 Å². The Morgan fingerprint density at radius 1 is 1.50 bits per heavy atom. The summed E-state index contributed by atoms with van der Waals surface area (Å²) in [5, 5.41) is 9.45. The van der Waals surface area contributed by atoms with Gasteiger partial charge in [0.25, 0.3) is 0 Å². The van der Waals surface area contributed by atoms with Gasteiger partial charge < -0.3 is 9.84 Å². The minimum absolute atomic E-state index is 0.0516. The van der Waals surface area contributed by atoms with Gasteiger partial charge in [-0.05, 0) is 12.8 Å². The largest absolute Gasteiger partial charge is 0.512 e. The highest BCUT2D eigenvalue weighted by Gasteiger charge is 2.53. The molecule has 0 heterocycles. The summed E-state index contributed by atoms with van der Waals surface area (Å²) >= 11 is 0. The second-order valence-corrected chi connectivity index (χ2v) is 4.15. The molecule has 0 radical (unpaired) electrons. The zero-order valence-corrected chi connectivity index (χ0v) is 9.02. The topological polar surface area (TPSA) is 46.5 Å². The van der Waals surface area contributed by atoms with Crippen LogP contribution < -0.4 is 0 Å². The summed E-state index contributed by atoms with van der Waals surface area (Å²) in [5.41, 5.74) is -2.02. The number of allylic oxidation sites excluding steroid dienone is 1. The molecule has 16 heavy (non-hydrogen) atoms. The van der Waals surface area contributed by atoms with Crippen LogP contribution in [0, 0.1) is 5.41 Å². The zero-order chi connectivity index (χ0) is 12.6. The summed E-state index contributed by atoms with van der Waals surface area (Å²) < 4.78 is 42.4. The van der Waals surface area contributed by atoms with E-state index in [0.29, 0.717) is 0 Å². The van der Waals surface area contributed by atoms with Crippen molar-refractivity contribution in [2.75, 3.05) is 7.11 Å². The van der Waals surface area contributed by atoms with Crippen LogP contribution in [0.5, 0.6) is 0 Å². The lowest BCUT2D eigenvalue weighted by atomic mass is 9.75. The summed E-state index contributed by atoms with van der Waals surface area (Å²) in [6.45, 7) is 1.04. The minimum atomic E-state index is -4.39. The lowest BCUT2D eigenvalue weighted by Crippen LogP contribution is -2.38. The quantitative estimate of drug-likeness (QED) is 0.714. The first-order valence-electron chi connectivity index (χ1n) is 4.77. The number of alkyl halides is 3. The average molecular weight is 238 g/mol. The summed E-state index contributed by atoms with van der Waals surface area (Å²) in [5.74, 6) is -1.28. The van der Waals surface area contributed by atoms with Crippen molar-refractivity contribution in [2.24, 2.45) is 5.41 Å². The molecule has 6 heteroatoms. The van der Waals surface area contributed by atoms with Crippen molar-refractivity contribution >= 4 is 5.97 Å². The van der Waals surface area contributed by atoms with Crippen molar-refractivity contribution in [3.8, 4) is 0 Å². The molecule has 1 N–H and O–H groups in total. The van der Waals surface area contributed by atoms with Gasteiger partial charge in [-0.2, -0.15) is 13.2 Å². The third kappa shape index (κ3) is 2.15. The van der Waals surface area contributed by atoms with Crippen LogP contribution in [0.15, 0.2) is 11.3 Å². The molecule has 0 aromatic heterocycles. The lowest BCUT2D eigenvalue weighted by Gasteiger charge is -2.35. The molecule has 0 aromatic rings. The van der Waals surface area contributed by atoms with E-state index in [1.54, 1.807) is 0 Å². The molecule has 0 fully saturated rings. The number of esters is 1. The predicted molar refractivity (Wildman–Crippen MR) is 49.7 cm³/mol. The molecule has 1 atom stereocenters. The second kappa shape index (κ2) is 3.99. The number of ether oxygens (including phenoxy) is 1. The third-order valence-corrected chi connectivity index (χ3v) is 2.95. The van der Waals surface area contributed by atoms with E-state index >= 15 is 0 Å². The first kappa shape index (κ1) is 12.9. The van der Waals surface area contributed by atoms with Crippen LogP contribution in [-0.2, 0) is 9.53 Å². The first-order valence-corrected chi connectivity index (χ1v) is 4.77.